The molecule has 238 valence electrons. The Bertz CT molecular complexity index is 1960. The third-order valence-corrected chi connectivity index (χ3v) is 7.32. The quantitative estimate of drug-likeness (QED) is 0.226. The van der Waals surface area contributed by atoms with Crippen LogP contribution in [0, 0.1) is 13.8 Å². The minimum Gasteiger partial charge on any atom is -0.358 e. The van der Waals surface area contributed by atoms with E-state index in [0.717, 1.165) is 31.0 Å². The lowest BCUT2D eigenvalue weighted by Crippen LogP contribution is -2.28. The second-order valence-electron chi connectivity index (χ2n) is 11.0. The lowest BCUT2D eigenvalue weighted by Gasteiger charge is -2.20. The summed E-state index contributed by atoms with van der Waals surface area (Å²) in [6, 6.07) is 12.8. The largest absolute Gasteiger partial charge is 0.416 e. The zero-order chi connectivity index (χ0) is 33.2. The Morgan fingerprint density at radius 1 is 0.913 bits per heavy atom. The summed E-state index contributed by atoms with van der Waals surface area (Å²) in [5, 5.41) is 6.24. The average molecular weight is 632 g/mol. The Kier molecular flexibility index (Phi) is 9.00. The Labute approximate surface area is 262 Å². The number of fused-ring (bicyclic) bond motifs is 1. The summed E-state index contributed by atoms with van der Waals surface area (Å²) in [6.07, 6.45) is -1.34. The molecular formula is C32H32F3N9O2. The molecule has 14 heteroatoms. The second kappa shape index (κ2) is 12.9. The number of nitrogens with one attached hydrogen (secondary N) is 2. The van der Waals surface area contributed by atoms with Crippen LogP contribution in [0.4, 0.5) is 36.3 Å². The first-order valence-corrected chi connectivity index (χ1v) is 14.2. The molecule has 2 N–H and O–H groups in total. The molecule has 46 heavy (non-hydrogen) atoms. The molecule has 3 heterocycles. The van der Waals surface area contributed by atoms with Crippen LogP contribution in [0.25, 0.3) is 16.7 Å². The van der Waals surface area contributed by atoms with Gasteiger partial charge in [0, 0.05) is 43.3 Å². The van der Waals surface area contributed by atoms with Gasteiger partial charge in [0.15, 0.2) is 5.65 Å². The molecule has 5 aromatic rings. The van der Waals surface area contributed by atoms with E-state index in [1.54, 1.807) is 44.4 Å². The molecule has 0 bridgehead atoms. The van der Waals surface area contributed by atoms with Crippen molar-refractivity contribution < 1.29 is 18.0 Å². The van der Waals surface area contributed by atoms with Crippen LogP contribution in [-0.2, 0) is 6.18 Å². The number of halogens is 3. The number of aromatic nitrogens is 5. The van der Waals surface area contributed by atoms with Crippen LogP contribution in [0.1, 0.15) is 27.2 Å². The first-order valence-electron chi connectivity index (χ1n) is 14.2. The summed E-state index contributed by atoms with van der Waals surface area (Å²) in [5.41, 5.74) is 1.09. The normalized spacial score (nSPS) is 11.6. The third-order valence-electron chi connectivity index (χ3n) is 7.32. The minimum atomic E-state index is -4.58. The molecular weight excluding hydrogens is 599 g/mol. The van der Waals surface area contributed by atoms with Gasteiger partial charge in [-0.2, -0.15) is 23.1 Å². The Balaban J connectivity index is 1.38. The maximum atomic E-state index is 13.3. The molecule has 0 aliphatic rings. The van der Waals surface area contributed by atoms with Gasteiger partial charge in [-0.3, -0.25) is 9.36 Å². The van der Waals surface area contributed by atoms with E-state index in [0.29, 0.717) is 28.0 Å². The first kappa shape index (κ1) is 32.0. The van der Waals surface area contributed by atoms with E-state index in [1.165, 1.54) is 16.7 Å². The first-order chi connectivity index (χ1) is 21.8. The van der Waals surface area contributed by atoms with Gasteiger partial charge in [-0.25, -0.2) is 14.8 Å². The van der Waals surface area contributed by atoms with Gasteiger partial charge in [0.05, 0.1) is 28.5 Å². The Morgan fingerprint density at radius 2 is 1.67 bits per heavy atom. The van der Waals surface area contributed by atoms with Gasteiger partial charge in [-0.05, 0) is 76.0 Å². The van der Waals surface area contributed by atoms with E-state index in [1.807, 2.05) is 33.3 Å². The lowest BCUT2D eigenvalue weighted by molar-refractivity contribution is -0.137. The molecule has 0 spiro atoms. The third kappa shape index (κ3) is 7.12. The van der Waals surface area contributed by atoms with Crippen LogP contribution in [0.5, 0.6) is 0 Å². The zero-order valence-electron chi connectivity index (χ0n) is 25.8. The van der Waals surface area contributed by atoms with Crippen molar-refractivity contribution in [3.63, 3.8) is 0 Å². The van der Waals surface area contributed by atoms with E-state index in [2.05, 4.69) is 40.4 Å². The van der Waals surface area contributed by atoms with Crippen LogP contribution in [-0.4, -0.2) is 69.5 Å². The van der Waals surface area contributed by atoms with Crippen LogP contribution < -0.4 is 21.2 Å². The number of hydrogen-bond acceptors (Lipinski definition) is 9. The van der Waals surface area contributed by atoms with Crippen molar-refractivity contribution in [1.82, 2.24) is 29.4 Å². The molecule has 0 atom stereocenters. The van der Waals surface area contributed by atoms with E-state index >= 15 is 0 Å². The molecule has 0 fully saturated rings. The summed E-state index contributed by atoms with van der Waals surface area (Å²) >= 11 is 0. The fourth-order valence-corrected chi connectivity index (χ4v) is 4.71. The number of nitrogens with zero attached hydrogens (tertiary/aromatic N) is 7. The van der Waals surface area contributed by atoms with Crippen LogP contribution in [0.15, 0.2) is 71.8 Å². The number of likely N-dealkylation sites (N-methyl/N-ethyl adjacent to an activating group) is 2. The maximum Gasteiger partial charge on any atom is 0.416 e. The smallest absolute Gasteiger partial charge is 0.358 e. The van der Waals surface area contributed by atoms with Gasteiger partial charge < -0.3 is 20.4 Å². The number of aryl methyl sites for hydroxylation is 2. The zero-order valence-corrected chi connectivity index (χ0v) is 25.8. The Hall–Kier alpha value is -5.37. The fourth-order valence-electron chi connectivity index (χ4n) is 4.71. The number of carbonyl (C=O) groups excluding carboxylic acids is 1. The molecule has 1 amide bonds. The summed E-state index contributed by atoms with van der Waals surface area (Å²) < 4.78 is 40.8. The number of anilines is 4. The molecule has 0 aliphatic carbocycles. The van der Waals surface area contributed by atoms with Crippen molar-refractivity contribution in [2.45, 2.75) is 20.0 Å². The van der Waals surface area contributed by atoms with Gasteiger partial charge in [0.1, 0.15) is 5.82 Å². The predicted octanol–water partition coefficient (Wildman–Crippen LogP) is 5.20. The highest BCUT2D eigenvalue weighted by Gasteiger charge is 2.31. The molecule has 11 nitrogen and oxygen atoms in total. The van der Waals surface area contributed by atoms with Crippen LogP contribution in [0.3, 0.4) is 0 Å². The number of pyridine rings is 1. The van der Waals surface area contributed by atoms with E-state index in [-0.39, 0.29) is 22.8 Å². The number of carbonyl (C=O) groups is 1. The second-order valence-corrected chi connectivity index (χ2v) is 11.0. The topological polar surface area (TPSA) is 121 Å². The SMILES string of the molecule is Cc1ccc(NC(=O)c2cccc(C(F)(F)F)c2)cc1-n1c(C)c2cnc(Nc3ccc(N(C)CCN(C)C)nc3)nc2nc1=O. The van der Waals surface area contributed by atoms with Crippen LogP contribution in [0.2, 0.25) is 0 Å². The van der Waals surface area contributed by atoms with Crippen molar-refractivity contribution >= 4 is 40.1 Å². The van der Waals surface area contributed by atoms with Crippen molar-refractivity contribution in [2.24, 2.45) is 0 Å². The van der Waals surface area contributed by atoms with Crippen LogP contribution >= 0.6 is 0 Å². The maximum absolute atomic E-state index is 13.3. The average Bonchev–Trinajstić information content (AvgIpc) is 3.01. The van der Waals surface area contributed by atoms with Gasteiger partial charge in [0.25, 0.3) is 5.91 Å². The van der Waals surface area contributed by atoms with Gasteiger partial charge in [0.2, 0.25) is 5.95 Å². The fraction of sp³-hybridized carbons (Fsp3) is 0.250. The number of amides is 1. The molecule has 0 saturated heterocycles. The molecule has 0 radical (unpaired) electrons. The van der Waals surface area contributed by atoms with Crippen molar-refractivity contribution in [2.75, 3.05) is 49.8 Å². The van der Waals surface area contributed by atoms with Gasteiger partial charge >= 0.3 is 11.9 Å². The van der Waals surface area contributed by atoms with Gasteiger partial charge in [-0.15, -0.1) is 0 Å². The number of benzene rings is 2. The molecule has 0 saturated carbocycles. The van der Waals surface area contributed by atoms with Crippen molar-refractivity contribution in [3.05, 3.63) is 99.9 Å². The standard InChI is InChI=1S/C32H32F3N9O2/c1-19-9-10-23(38-29(45)21-7-6-8-22(15-21)32(33,34)35)16-26(19)44-20(2)25-18-37-30(40-28(25)41-31(44)46)39-24-11-12-27(36-17-24)43(5)14-13-42(3)4/h6-12,15-18H,13-14H2,1-5H3,(H,38,45)(H,39,40,41,46). The molecule has 0 aliphatic heterocycles. The van der Waals surface area contributed by atoms with E-state index in [9.17, 15) is 22.8 Å². The number of rotatable bonds is 9. The van der Waals surface area contributed by atoms with Gasteiger partial charge in [-0.1, -0.05) is 12.1 Å². The molecule has 3 aromatic heterocycles. The van der Waals surface area contributed by atoms with Crippen molar-refractivity contribution in [1.29, 1.82) is 0 Å². The summed E-state index contributed by atoms with van der Waals surface area (Å²) in [7, 11) is 6.00. The van der Waals surface area contributed by atoms with E-state index in [4.69, 9.17) is 0 Å². The highest BCUT2D eigenvalue weighted by molar-refractivity contribution is 6.04. The predicted molar refractivity (Wildman–Crippen MR) is 171 cm³/mol. The number of hydrogen-bond donors (Lipinski definition) is 2. The summed E-state index contributed by atoms with van der Waals surface area (Å²) in [4.78, 5) is 47.8. The summed E-state index contributed by atoms with van der Waals surface area (Å²) in [5.74, 6) is 0.332. The summed E-state index contributed by atoms with van der Waals surface area (Å²) in [6.45, 7) is 5.22. The lowest BCUT2D eigenvalue weighted by atomic mass is 10.1. The monoisotopic (exact) mass is 631 g/mol. The number of alkyl halides is 3. The Morgan fingerprint density at radius 3 is 2.37 bits per heavy atom. The molecule has 0 unspecified atom stereocenters. The highest BCUT2D eigenvalue weighted by atomic mass is 19.4. The minimum absolute atomic E-state index is 0.154. The van der Waals surface area contributed by atoms with Crippen molar-refractivity contribution in [3.8, 4) is 5.69 Å². The van der Waals surface area contributed by atoms with E-state index < -0.39 is 23.3 Å². The molecule has 2 aromatic carbocycles. The highest BCUT2D eigenvalue weighted by Crippen LogP contribution is 2.30. The molecule has 5 rings (SSSR count).